The highest BCUT2D eigenvalue weighted by atomic mass is 16.5. The third-order valence-electron chi connectivity index (χ3n) is 3.60. The summed E-state index contributed by atoms with van der Waals surface area (Å²) in [6.07, 6.45) is 0.689. The molecule has 1 aliphatic heterocycles. The number of rotatable bonds is 4. The Labute approximate surface area is 118 Å². The Morgan fingerprint density at radius 2 is 2.05 bits per heavy atom. The Morgan fingerprint density at radius 3 is 2.60 bits per heavy atom. The second kappa shape index (κ2) is 5.71. The van der Waals surface area contributed by atoms with E-state index >= 15 is 0 Å². The number of hydrogen-bond donors (Lipinski definition) is 2. The molecule has 1 saturated heterocycles. The van der Waals surface area contributed by atoms with E-state index in [4.69, 9.17) is 9.47 Å². The molecule has 2 rings (SSSR count). The monoisotopic (exact) mass is 279 g/mol. The summed E-state index contributed by atoms with van der Waals surface area (Å²) in [5, 5.41) is 12.8. The molecule has 110 valence electrons. The second-order valence-corrected chi connectivity index (χ2v) is 5.41. The van der Waals surface area contributed by atoms with Crippen LogP contribution in [0.3, 0.4) is 0 Å². The van der Waals surface area contributed by atoms with E-state index in [2.05, 4.69) is 5.32 Å². The molecule has 1 fully saturated rings. The lowest BCUT2D eigenvalue weighted by Crippen LogP contribution is -2.54. The molecule has 0 radical (unpaired) electrons. The average molecular weight is 279 g/mol. The molecule has 20 heavy (non-hydrogen) atoms. The number of ether oxygens (including phenoxy) is 2. The highest BCUT2D eigenvalue weighted by Gasteiger charge is 2.45. The van der Waals surface area contributed by atoms with E-state index in [9.17, 15) is 9.90 Å². The highest BCUT2D eigenvalue weighted by Crippen LogP contribution is 2.33. The maximum absolute atomic E-state index is 11.8. The van der Waals surface area contributed by atoms with E-state index in [1.807, 2.05) is 32.0 Å². The normalized spacial score (nSPS) is 29.8. The molecule has 0 aromatic heterocycles. The topological polar surface area (TPSA) is 67.8 Å². The van der Waals surface area contributed by atoms with Gasteiger partial charge < -0.3 is 19.9 Å². The summed E-state index contributed by atoms with van der Waals surface area (Å²) in [4.78, 5) is 11.8. The summed E-state index contributed by atoms with van der Waals surface area (Å²) in [6, 6.07) is 7.31. The average Bonchev–Trinajstić information content (AvgIpc) is 2.37. The van der Waals surface area contributed by atoms with E-state index in [0.717, 1.165) is 5.69 Å². The van der Waals surface area contributed by atoms with E-state index in [-0.39, 0.29) is 12.2 Å². The summed E-state index contributed by atoms with van der Waals surface area (Å²) in [5.74, 6) is -0.147. The number of benzene rings is 1. The van der Waals surface area contributed by atoms with Gasteiger partial charge in [0.2, 0.25) is 0 Å². The zero-order valence-electron chi connectivity index (χ0n) is 12.1. The summed E-state index contributed by atoms with van der Waals surface area (Å²) in [7, 11) is 1.59. The van der Waals surface area contributed by atoms with Crippen molar-refractivity contribution in [2.24, 2.45) is 0 Å². The quantitative estimate of drug-likeness (QED) is 0.886. The molecule has 0 spiro atoms. The first kappa shape index (κ1) is 14.7. The van der Waals surface area contributed by atoms with Gasteiger partial charge in [-0.15, -0.1) is 0 Å². The number of methoxy groups -OCH3 is 1. The number of anilines is 1. The van der Waals surface area contributed by atoms with Gasteiger partial charge in [-0.05, 0) is 26.0 Å². The van der Waals surface area contributed by atoms with Crippen LogP contribution in [0.15, 0.2) is 24.3 Å². The SMILES string of the molecule is COc1cccc(NC2(C(=O)O)CC(C)OC(C)C2)c1. The fourth-order valence-electron chi connectivity index (χ4n) is 2.86. The van der Waals surface area contributed by atoms with Crippen LogP contribution < -0.4 is 10.1 Å². The van der Waals surface area contributed by atoms with Gasteiger partial charge in [0.1, 0.15) is 11.3 Å². The summed E-state index contributed by atoms with van der Waals surface area (Å²) < 4.78 is 10.8. The molecule has 2 N–H and O–H groups in total. The van der Waals surface area contributed by atoms with Gasteiger partial charge in [-0.1, -0.05) is 6.07 Å². The summed E-state index contributed by atoms with van der Waals surface area (Å²) >= 11 is 0. The van der Waals surface area contributed by atoms with Crippen LogP contribution in [0.4, 0.5) is 5.69 Å². The van der Waals surface area contributed by atoms with Crippen LogP contribution in [0, 0.1) is 0 Å². The number of carboxylic acids is 1. The number of hydrogen-bond acceptors (Lipinski definition) is 4. The van der Waals surface area contributed by atoms with E-state index in [0.29, 0.717) is 18.6 Å². The van der Waals surface area contributed by atoms with Crippen molar-refractivity contribution < 1.29 is 19.4 Å². The molecule has 2 unspecified atom stereocenters. The minimum atomic E-state index is -0.997. The molecule has 5 heteroatoms. The molecule has 1 aromatic carbocycles. The Hall–Kier alpha value is -1.75. The molecule has 2 atom stereocenters. The Kier molecular flexibility index (Phi) is 4.18. The van der Waals surface area contributed by atoms with Gasteiger partial charge in [0.15, 0.2) is 0 Å². The maximum Gasteiger partial charge on any atom is 0.329 e. The van der Waals surface area contributed by atoms with Crippen LogP contribution in [-0.4, -0.2) is 35.9 Å². The van der Waals surface area contributed by atoms with Crippen molar-refractivity contribution in [3.05, 3.63) is 24.3 Å². The fraction of sp³-hybridized carbons (Fsp3) is 0.533. The molecule has 0 amide bonds. The first-order chi connectivity index (χ1) is 9.45. The van der Waals surface area contributed by atoms with Crippen molar-refractivity contribution in [1.82, 2.24) is 0 Å². The van der Waals surface area contributed by atoms with Crippen molar-refractivity contribution in [1.29, 1.82) is 0 Å². The lowest BCUT2D eigenvalue weighted by Gasteiger charge is -2.40. The fourth-order valence-corrected chi connectivity index (χ4v) is 2.86. The zero-order chi connectivity index (χ0) is 14.8. The molecular formula is C15H21NO4. The number of aliphatic carboxylic acids is 1. The van der Waals surface area contributed by atoms with Crippen LogP contribution in [0.1, 0.15) is 26.7 Å². The van der Waals surface area contributed by atoms with E-state index in [1.165, 1.54) is 0 Å². The molecule has 0 bridgehead atoms. The smallest absolute Gasteiger partial charge is 0.329 e. The molecule has 5 nitrogen and oxygen atoms in total. The predicted octanol–water partition coefficient (Wildman–Crippen LogP) is 2.52. The first-order valence-corrected chi connectivity index (χ1v) is 6.76. The standard InChI is InChI=1S/C15H21NO4/c1-10-8-15(14(17)18,9-11(2)20-10)16-12-5-4-6-13(7-12)19-3/h4-7,10-11,16H,8-9H2,1-3H3,(H,17,18). The van der Waals surface area contributed by atoms with Crippen molar-refractivity contribution in [2.75, 3.05) is 12.4 Å². The van der Waals surface area contributed by atoms with E-state index < -0.39 is 11.5 Å². The maximum atomic E-state index is 11.8. The summed E-state index contributed by atoms with van der Waals surface area (Å²) in [6.45, 7) is 3.81. The van der Waals surface area contributed by atoms with Crippen molar-refractivity contribution in [3.8, 4) is 5.75 Å². The van der Waals surface area contributed by atoms with Crippen LogP contribution in [0.2, 0.25) is 0 Å². The number of carbonyl (C=O) groups is 1. The molecular weight excluding hydrogens is 258 g/mol. The van der Waals surface area contributed by atoms with Crippen LogP contribution in [0.25, 0.3) is 0 Å². The van der Waals surface area contributed by atoms with Gasteiger partial charge in [-0.2, -0.15) is 0 Å². The number of carboxylic acid groups (broad SMARTS) is 1. The van der Waals surface area contributed by atoms with Gasteiger partial charge in [0, 0.05) is 24.6 Å². The van der Waals surface area contributed by atoms with E-state index in [1.54, 1.807) is 13.2 Å². The molecule has 0 saturated carbocycles. The van der Waals surface area contributed by atoms with Crippen LogP contribution >= 0.6 is 0 Å². The van der Waals surface area contributed by atoms with Crippen molar-refractivity contribution >= 4 is 11.7 Å². The summed E-state index contributed by atoms with van der Waals surface area (Å²) in [5.41, 5.74) is -0.253. The third-order valence-corrected chi connectivity index (χ3v) is 3.60. The third kappa shape index (κ3) is 3.04. The van der Waals surface area contributed by atoms with Crippen molar-refractivity contribution in [3.63, 3.8) is 0 Å². The molecule has 1 heterocycles. The van der Waals surface area contributed by atoms with Crippen molar-refractivity contribution in [2.45, 2.75) is 44.4 Å². The predicted molar refractivity (Wildman–Crippen MR) is 76.2 cm³/mol. The minimum absolute atomic E-state index is 0.0899. The van der Waals surface area contributed by atoms with Gasteiger partial charge >= 0.3 is 5.97 Å². The molecule has 1 aliphatic rings. The van der Waals surface area contributed by atoms with Gasteiger partial charge in [0.25, 0.3) is 0 Å². The van der Waals surface area contributed by atoms with Crippen LogP contribution in [-0.2, 0) is 9.53 Å². The Bertz CT molecular complexity index is 479. The largest absolute Gasteiger partial charge is 0.497 e. The lowest BCUT2D eigenvalue weighted by atomic mass is 9.84. The first-order valence-electron chi connectivity index (χ1n) is 6.76. The lowest BCUT2D eigenvalue weighted by molar-refractivity contribution is -0.151. The van der Waals surface area contributed by atoms with Crippen LogP contribution in [0.5, 0.6) is 5.75 Å². The second-order valence-electron chi connectivity index (χ2n) is 5.41. The van der Waals surface area contributed by atoms with Gasteiger partial charge in [-0.25, -0.2) is 4.79 Å². The Morgan fingerprint density at radius 1 is 1.40 bits per heavy atom. The molecule has 0 aliphatic carbocycles. The molecule has 1 aromatic rings. The highest BCUT2D eigenvalue weighted by molar-refractivity contribution is 5.83. The zero-order valence-corrected chi connectivity index (χ0v) is 12.1. The van der Waals surface area contributed by atoms with Gasteiger partial charge in [0.05, 0.1) is 19.3 Å². The minimum Gasteiger partial charge on any atom is -0.497 e. The Balaban J connectivity index is 2.26. The number of nitrogens with one attached hydrogen (secondary N) is 1. The van der Waals surface area contributed by atoms with Gasteiger partial charge in [-0.3, -0.25) is 0 Å².